The maximum Gasteiger partial charge on any atom is 0.256 e. The molecule has 0 atom stereocenters. The van der Waals surface area contributed by atoms with Gasteiger partial charge in [0.15, 0.2) is 0 Å². The molecule has 152 valence electrons. The molecule has 3 aromatic heterocycles. The number of benzene rings is 1. The van der Waals surface area contributed by atoms with Crippen LogP contribution in [0, 0.1) is 0 Å². The fourth-order valence-corrected chi connectivity index (χ4v) is 3.59. The Morgan fingerprint density at radius 2 is 2.10 bits per heavy atom. The molecule has 1 aromatic carbocycles. The predicted octanol–water partition coefficient (Wildman–Crippen LogP) is 3.51. The molecule has 0 fully saturated rings. The minimum atomic E-state index is -0.332. The Morgan fingerprint density at radius 3 is 2.83 bits per heavy atom. The first kappa shape index (κ1) is 19.6. The molecule has 0 radical (unpaired) electrons. The molecule has 0 aliphatic carbocycles. The number of hydrogen-bond donors (Lipinski definition) is 2. The third-order valence-electron chi connectivity index (χ3n) is 4.40. The van der Waals surface area contributed by atoms with E-state index < -0.39 is 0 Å². The van der Waals surface area contributed by atoms with Crippen molar-refractivity contribution in [2.75, 3.05) is 12.4 Å². The van der Waals surface area contributed by atoms with Gasteiger partial charge in [0.1, 0.15) is 17.3 Å². The zero-order valence-corrected chi connectivity index (χ0v) is 17.2. The van der Waals surface area contributed by atoms with E-state index in [0.717, 1.165) is 4.88 Å². The summed E-state index contributed by atoms with van der Waals surface area (Å²) in [4.78, 5) is 33.0. The van der Waals surface area contributed by atoms with E-state index >= 15 is 0 Å². The Balaban J connectivity index is 1.77. The van der Waals surface area contributed by atoms with Crippen LogP contribution in [0.5, 0.6) is 5.75 Å². The van der Waals surface area contributed by atoms with Gasteiger partial charge in [-0.1, -0.05) is 19.1 Å². The summed E-state index contributed by atoms with van der Waals surface area (Å²) in [7, 11) is 1.54. The number of carbonyl (C=O) groups is 1. The molecule has 4 rings (SSSR count). The molecule has 3 heterocycles. The van der Waals surface area contributed by atoms with Crippen molar-refractivity contribution in [1.29, 1.82) is 0 Å². The van der Waals surface area contributed by atoms with E-state index in [-0.39, 0.29) is 17.4 Å². The van der Waals surface area contributed by atoms with Crippen molar-refractivity contribution >= 4 is 23.1 Å². The summed E-state index contributed by atoms with van der Waals surface area (Å²) in [5.74, 6) is 0.879. The number of aromatic amines is 1. The molecule has 1 amide bonds. The number of aryl methyl sites for hydroxylation is 1. The van der Waals surface area contributed by atoms with Crippen LogP contribution < -0.4 is 15.6 Å². The fraction of sp³-hybridized carbons (Fsp3) is 0.143. The summed E-state index contributed by atoms with van der Waals surface area (Å²) in [5, 5.41) is 9.38. The maximum absolute atomic E-state index is 12.9. The van der Waals surface area contributed by atoms with Crippen LogP contribution in [-0.2, 0) is 6.42 Å². The summed E-state index contributed by atoms with van der Waals surface area (Å²) >= 11 is 1.53. The highest BCUT2D eigenvalue weighted by Crippen LogP contribution is 2.27. The molecule has 0 saturated heterocycles. The van der Waals surface area contributed by atoms with Crippen LogP contribution in [0.3, 0.4) is 0 Å². The van der Waals surface area contributed by atoms with E-state index in [9.17, 15) is 9.59 Å². The Labute approximate surface area is 176 Å². The number of thiophene rings is 1. The number of amides is 1. The Hall–Kier alpha value is -3.72. The van der Waals surface area contributed by atoms with Crippen LogP contribution in [0.2, 0.25) is 0 Å². The lowest BCUT2D eigenvalue weighted by atomic mass is 10.2. The van der Waals surface area contributed by atoms with E-state index in [2.05, 4.69) is 20.4 Å². The number of H-pyrrole nitrogens is 1. The molecular formula is C21H19N5O3S. The zero-order valence-electron chi connectivity index (χ0n) is 16.4. The molecule has 30 heavy (non-hydrogen) atoms. The predicted molar refractivity (Wildman–Crippen MR) is 116 cm³/mol. The summed E-state index contributed by atoms with van der Waals surface area (Å²) in [6, 6.07) is 13.9. The minimum absolute atomic E-state index is 0.239. The van der Waals surface area contributed by atoms with E-state index in [1.807, 2.05) is 24.4 Å². The molecule has 8 nitrogen and oxygen atoms in total. The molecule has 9 heteroatoms. The number of anilines is 1. The van der Waals surface area contributed by atoms with Crippen LogP contribution >= 0.6 is 11.3 Å². The Kier molecular flexibility index (Phi) is 5.44. The Morgan fingerprint density at radius 1 is 1.23 bits per heavy atom. The number of carbonyl (C=O) groups excluding carboxylic acids is 1. The summed E-state index contributed by atoms with van der Waals surface area (Å²) in [6.45, 7) is 1.91. The minimum Gasteiger partial charge on any atom is -0.497 e. The normalized spacial score (nSPS) is 10.7. The molecule has 0 bridgehead atoms. The lowest BCUT2D eigenvalue weighted by Crippen LogP contribution is -2.19. The molecule has 0 aliphatic rings. The second-order valence-electron chi connectivity index (χ2n) is 6.40. The van der Waals surface area contributed by atoms with E-state index in [1.165, 1.54) is 22.1 Å². The number of hydrogen-bond acceptors (Lipinski definition) is 6. The van der Waals surface area contributed by atoms with Crippen molar-refractivity contribution in [2.45, 2.75) is 13.3 Å². The van der Waals surface area contributed by atoms with Crippen LogP contribution in [0.1, 0.15) is 23.0 Å². The topological polar surface area (TPSA) is 102 Å². The highest BCUT2D eigenvalue weighted by Gasteiger charge is 2.17. The van der Waals surface area contributed by atoms with Gasteiger partial charge in [-0.15, -0.1) is 11.3 Å². The second-order valence-corrected chi connectivity index (χ2v) is 7.35. The first-order valence-corrected chi connectivity index (χ1v) is 10.2. The van der Waals surface area contributed by atoms with Crippen molar-refractivity contribution in [3.8, 4) is 22.3 Å². The number of aromatic nitrogens is 4. The van der Waals surface area contributed by atoms with Gasteiger partial charge in [0.2, 0.25) is 5.95 Å². The smallest absolute Gasteiger partial charge is 0.256 e. The van der Waals surface area contributed by atoms with Gasteiger partial charge in [-0.25, -0.2) is 4.98 Å². The summed E-state index contributed by atoms with van der Waals surface area (Å²) < 4.78 is 6.63. The molecule has 0 unspecified atom stereocenters. The van der Waals surface area contributed by atoms with Gasteiger partial charge in [0.25, 0.3) is 11.5 Å². The third kappa shape index (κ3) is 4.01. The number of nitrogens with zero attached hydrogens (tertiary/aromatic N) is 3. The van der Waals surface area contributed by atoms with Gasteiger partial charge < -0.3 is 10.1 Å². The summed E-state index contributed by atoms with van der Waals surface area (Å²) in [5.41, 5.74) is 1.45. The van der Waals surface area contributed by atoms with Crippen LogP contribution in [0.25, 0.3) is 16.5 Å². The zero-order chi connectivity index (χ0) is 21.1. The van der Waals surface area contributed by atoms with Gasteiger partial charge in [0, 0.05) is 23.4 Å². The average molecular weight is 421 g/mol. The molecular weight excluding hydrogens is 402 g/mol. The number of nitrogens with one attached hydrogen (secondary N) is 2. The SMILES string of the molecule is CCc1cc(=O)[nH]c(-n2nc(-c3cccs3)cc2NC(=O)c2cccc(OC)c2)n1. The average Bonchev–Trinajstić information content (AvgIpc) is 3.43. The van der Waals surface area contributed by atoms with Crippen LogP contribution in [-0.4, -0.2) is 32.8 Å². The quantitative estimate of drug-likeness (QED) is 0.496. The van der Waals surface area contributed by atoms with Crippen molar-refractivity contribution in [2.24, 2.45) is 0 Å². The Bertz CT molecular complexity index is 1240. The van der Waals surface area contributed by atoms with E-state index in [1.54, 1.807) is 37.4 Å². The van der Waals surface area contributed by atoms with Gasteiger partial charge in [-0.2, -0.15) is 9.78 Å². The maximum atomic E-state index is 12.9. The number of ether oxygens (including phenoxy) is 1. The van der Waals surface area contributed by atoms with Gasteiger partial charge in [0.05, 0.1) is 12.0 Å². The largest absolute Gasteiger partial charge is 0.497 e. The van der Waals surface area contributed by atoms with Crippen molar-refractivity contribution in [1.82, 2.24) is 19.7 Å². The standard InChI is InChI=1S/C21H19N5O3S/c1-3-14-11-19(27)24-21(22-14)26-18(12-16(25-26)17-8-5-9-30-17)23-20(28)13-6-4-7-15(10-13)29-2/h4-12H,3H2,1-2H3,(H,23,28)(H,22,24,27). The van der Waals surface area contributed by atoms with Gasteiger partial charge in [-0.05, 0) is 36.1 Å². The highest BCUT2D eigenvalue weighted by atomic mass is 32.1. The molecule has 0 spiro atoms. The highest BCUT2D eigenvalue weighted by molar-refractivity contribution is 7.13. The van der Waals surface area contributed by atoms with Crippen LogP contribution in [0.4, 0.5) is 5.82 Å². The summed E-state index contributed by atoms with van der Waals surface area (Å²) in [6.07, 6.45) is 0.599. The third-order valence-corrected chi connectivity index (χ3v) is 5.29. The monoisotopic (exact) mass is 421 g/mol. The fourth-order valence-electron chi connectivity index (χ4n) is 2.90. The number of methoxy groups -OCH3 is 1. The van der Waals surface area contributed by atoms with Crippen LogP contribution in [0.15, 0.2) is 58.7 Å². The first-order chi connectivity index (χ1) is 14.6. The van der Waals surface area contributed by atoms with E-state index in [0.29, 0.717) is 34.9 Å². The van der Waals surface area contributed by atoms with Gasteiger partial charge in [-0.3, -0.25) is 14.6 Å². The first-order valence-electron chi connectivity index (χ1n) is 9.27. The van der Waals surface area contributed by atoms with Crippen molar-refractivity contribution < 1.29 is 9.53 Å². The van der Waals surface area contributed by atoms with Crippen molar-refractivity contribution in [3.63, 3.8) is 0 Å². The second kappa shape index (κ2) is 8.34. The molecule has 0 aliphatic heterocycles. The molecule has 0 saturated carbocycles. The lowest BCUT2D eigenvalue weighted by molar-refractivity contribution is 0.102. The molecule has 4 aromatic rings. The number of rotatable bonds is 6. The molecule has 2 N–H and O–H groups in total. The van der Waals surface area contributed by atoms with E-state index in [4.69, 9.17) is 4.74 Å². The lowest BCUT2D eigenvalue weighted by Gasteiger charge is -2.09. The van der Waals surface area contributed by atoms with Gasteiger partial charge >= 0.3 is 0 Å². The van der Waals surface area contributed by atoms with Crippen molar-refractivity contribution in [3.05, 3.63) is 75.5 Å².